The summed E-state index contributed by atoms with van der Waals surface area (Å²) in [5.74, 6) is -0.580. The predicted molar refractivity (Wildman–Crippen MR) is 121 cm³/mol. The average Bonchev–Trinajstić information content (AvgIpc) is 3.01. The number of hydrogen-bond acceptors (Lipinski definition) is 4. The lowest BCUT2D eigenvalue weighted by atomic mass is 9.66. The van der Waals surface area contributed by atoms with Gasteiger partial charge in [0.2, 0.25) is 5.60 Å². The number of ether oxygens (including phenoxy) is 2. The van der Waals surface area contributed by atoms with Gasteiger partial charge in [0.15, 0.2) is 0 Å². The summed E-state index contributed by atoms with van der Waals surface area (Å²) >= 11 is 0. The molecule has 0 radical (unpaired) electrons. The molecule has 1 aliphatic carbocycles. The fourth-order valence-electron chi connectivity index (χ4n) is 5.28. The Morgan fingerprint density at radius 1 is 0.800 bits per heavy atom. The molecule has 2 bridgehead atoms. The monoisotopic (exact) mass is 422 g/mol. The Morgan fingerprint density at radius 3 is 1.67 bits per heavy atom. The van der Waals surface area contributed by atoms with Crippen LogP contribution in [0.25, 0.3) is 0 Å². The molecule has 30 heavy (non-hydrogen) atoms. The fraction of sp³-hybridized carbons (Fsp3) is 0.923. The van der Waals surface area contributed by atoms with Crippen molar-refractivity contribution in [1.29, 1.82) is 0 Å². The van der Waals surface area contributed by atoms with E-state index in [1.54, 1.807) is 0 Å². The van der Waals surface area contributed by atoms with Gasteiger partial charge in [-0.15, -0.1) is 0 Å². The van der Waals surface area contributed by atoms with E-state index in [1.807, 2.05) is 20.8 Å². The molecule has 4 heteroatoms. The van der Waals surface area contributed by atoms with Crippen LogP contribution in [0.5, 0.6) is 0 Å². The third-order valence-corrected chi connectivity index (χ3v) is 8.14. The summed E-state index contributed by atoms with van der Waals surface area (Å²) in [7, 11) is 0. The number of carbonyl (C=O) groups excluding carboxylic acids is 2. The molecule has 0 spiro atoms. The molecule has 174 valence electrons. The van der Waals surface area contributed by atoms with Crippen LogP contribution in [0, 0.1) is 10.8 Å². The van der Waals surface area contributed by atoms with Crippen LogP contribution >= 0.6 is 0 Å². The van der Waals surface area contributed by atoms with E-state index in [0.717, 1.165) is 12.8 Å². The molecule has 0 aromatic heterocycles. The van der Waals surface area contributed by atoms with Gasteiger partial charge in [-0.3, -0.25) is 4.79 Å². The standard InChI is InChI=1S/C26H46O4/c1-5-6-7-8-9-10-11-12-13-14-15-16-17-18-21-29-23(28)26-20-19-25(4,22(27)30-26)24(26,2)3/h5-21H2,1-4H3/t25-,26+/m0/s1. The van der Waals surface area contributed by atoms with E-state index < -0.39 is 16.4 Å². The Labute approximate surface area is 184 Å². The van der Waals surface area contributed by atoms with Crippen molar-refractivity contribution in [1.82, 2.24) is 0 Å². The van der Waals surface area contributed by atoms with E-state index in [0.29, 0.717) is 19.4 Å². The van der Waals surface area contributed by atoms with Gasteiger partial charge in [-0.25, -0.2) is 4.79 Å². The van der Waals surface area contributed by atoms with Crippen molar-refractivity contribution < 1.29 is 19.1 Å². The van der Waals surface area contributed by atoms with Crippen molar-refractivity contribution in [3.63, 3.8) is 0 Å². The molecule has 1 saturated carbocycles. The van der Waals surface area contributed by atoms with Crippen molar-refractivity contribution >= 4 is 11.9 Å². The van der Waals surface area contributed by atoms with Crippen LogP contribution in [0.4, 0.5) is 0 Å². The largest absolute Gasteiger partial charge is 0.463 e. The third kappa shape index (κ3) is 5.40. The first-order valence-electron chi connectivity index (χ1n) is 12.7. The molecule has 0 unspecified atom stereocenters. The predicted octanol–water partition coefficient (Wildman–Crippen LogP) is 7.13. The van der Waals surface area contributed by atoms with Gasteiger partial charge in [0.05, 0.1) is 12.0 Å². The van der Waals surface area contributed by atoms with Gasteiger partial charge >= 0.3 is 11.9 Å². The van der Waals surface area contributed by atoms with Crippen molar-refractivity contribution in [2.24, 2.45) is 10.8 Å². The van der Waals surface area contributed by atoms with Crippen molar-refractivity contribution in [2.75, 3.05) is 6.61 Å². The topological polar surface area (TPSA) is 52.6 Å². The molecule has 0 N–H and O–H groups in total. The van der Waals surface area contributed by atoms with Gasteiger partial charge < -0.3 is 9.47 Å². The SMILES string of the molecule is CCCCCCCCCCCCCCCCOC(=O)[C@@]12CC[C@@](C)(C(=O)O1)C2(C)C. The molecule has 1 aliphatic heterocycles. The summed E-state index contributed by atoms with van der Waals surface area (Å²) in [4.78, 5) is 25.0. The highest BCUT2D eigenvalue weighted by Gasteiger charge is 2.76. The van der Waals surface area contributed by atoms with Gasteiger partial charge in [0.1, 0.15) is 0 Å². The van der Waals surface area contributed by atoms with Gasteiger partial charge in [-0.2, -0.15) is 0 Å². The third-order valence-electron chi connectivity index (χ3n) is 8.14. The first kappa shape index (κ1) is 25.2. The molecular formula is C26H46O4. The van der Waals surface area contributed by atoms with Crippen LogP contribution < -0.4 is 0 Å². The van der Waals surface area contributed by atoms with Crippen LogP contribution in [-0.2, 0) is 19.1 Å². The van der Waals surface area contributed by atoms with E-state index in [2.05, 4.69) is 6.92 Å². The zero-order valence-electron chi connectivity index (χ0n) is 20.2. The van der Waals surface area contributed by atoms with Crippen LogP contribution in [0.2, 0.25) is 0 Å². The normalized spacial score (nSPS) is 26.7. The van der Waals surface area contributed by atoms with Crippen LogP contribution in [0.3, 0.4) is 0 Å². The molecule has 1 saturated heterocycles. The molecule has 0 aromatic carbocycles. The van der Waals surface area contributed by atoms with E-state index in [4.69, 9.17) is 9.47 Å². The quantitative estimate of drug-likeness (QED) is 0.196. The van der Waals surface area contributed by atoms with Gasteiger partial charge in [-0.1, -0.05) is 104 Å². The smallest absolute Gasteiger partial charge is 0.351 e. The molecule has 0 aromatic rings. The minimum absolute atomic E-state index is 0.243. The lowest BCUT2D eigenvalue weighted by molar-refractivity contribution is -0.183. The maximum Gasteiger partial charge on any atom is 0.351 e. The number of carbonyl (C=O) groups is 2. The maximum atomic E-state index is 12.8. The molecule has 2 atom stereocenters. The summed E-state index contributed by atoms with van der Waals surface area (Å²) in [6.45, 7) is 8.57. The first-order valence-corrected chi connectivity index (χ1v) is 12.7. The molecule has 0 amide bonds. The Bertz CT molecular complexity index is 555. The Balaban J connectivity index is 1.46. The van der Waals surface area contributed by atoms with E-state index in [9.17, 15) is 9.59 Å². The minimum Gasteiger partial charge on any atom is -0.463 e. The maximum absolute atomic E-state index is 12.8. The Morgan fingerprint density at radius 2 is 1.27 bits per heavy atom. The van der Waals surface area contributed by atoms with Crippen molar-refractivity contribution in [2.45, 2.75) is 136 Å². The summed E-state index contributed by atoms with van der Waals surface area (Å²) in [6, 6.07) is 0. The highest BCUT2D eigenvalue weighted by Crippen LogP contribution is 2.65. The molecular weight excluding hydrogens is 376 g/mol. The second-order valence-electron chi connectivity index (χ2n) is 10.4. The van der Waals surface area contributed by atoms with Crippen molar-refractivity contribution in [3.8, 4) is 0 Å². The van der Waals surface area contributed by atoms with E-state index in [-0.39, 0.29) is 11.9 Å². The van der Waals surface area contributed by atoms with Gasteiger partial charge in [0.25, 0.3) is 0 Å². The Kier molecular flexibility index (Phi) is 9.68. The van der Waals surface area contributed by atoms with E-state index in [1.165, 1.54) is 77.0 Å². The summed E-state index contributed by atoms with van der Waals surface area (Å²) in [6.07, 6.45) is 19.6. The highest BCUT2D eigenvalue weighted by molar-refractivity contribution is 5.93. The average molecular weight is 423 g/mol. The minimum atomic E-state index is -1.07. The molecule has 1 heterocycles. The first-order chi connectivity index (χ1) is 14.3. The fourth-order valence-corrected chi connectivity index (χ4v) is 5.28. The lowest BCUT2D eigenvalue weighted by Crippen LogP contribution is -2.48. The molecule has 2 rings (SSSR count). The van der Waals surface area contributed by atoms with Crippen LogP contribution in [-0.4, -0.2) is 24.1 Å². The van der Waals surface area contributed by atoms with Crippen LogP contribution in [0.15, 0.2) is 0 Å². The van der Waals surface area contributed by atoms with Gasteiger partial charge in [0, 0.05) is 5.41 Å². The van der Waals surface area contributed by atoms with Crippen LogP contribution in [0.1, 0.15) is 130 Å². The summed E-state index contributed by atoms with van der Waals surface area (Å²) in [5, 5.41) is 0. The number of fused-ring (bicyclic) bond motifs is 2. The number of hydrogen-bond donors (Lipinski definition) is 0. The van der Waals surface area contributed by atoms with Crippen molar-refractivity contribution in [3.05, 3.63) is 0 Å². The zero-order valence-corrected chi connectivity index (χ0v) is 20.2. The number of unbranched alkanes of at least 4 members (excludes halogenated alkanes) is 13. The second kappa shape index (κ2) is 11.5. The molecule has 2 fully saturated rings. The van der Waals surface area contributed by atoms with E-state index >= 15 is 0 Å². The highest BCUT2D eigenvalue weighted by atomic mass is 16.6. The lowest BCUT2D eigenvalue weighted by Gasteiger charge is -2.34. The van der Waals surface area contributed by atoms with Gasteiger partial charge in [-0.05, 0) is 26.2 Å². The molecule has 4 nitrogen and oxygen atoms in total. The molecule has 2 aliphatic rings. The zero-order chi connectivity index (χ0) is 22.1. The number of esters is 2. The number of rotatable bonds is 16. The second-order valence-corrected chi connectivity index (χ2v) is 10.4. The summed E-state index contributed by atoms with van der Waals surface area (Å²) in [5.41, 5.74) is -2.15. The summed E-state index contributed by atoms with van der Waals surface area (Å²) < 4.78 is 11.2. The Hall–Kier alpha value is -1.06.